The average Bonchev–Trinajstić information content (AvgIpc) is 2.79. The molecule has 172 valence electrons. The summed E-state index contributed by atoms with van der Waals surface area (Å²) in [5, 5.41) is 2.98. The molecule has 0 unspecified atom stereocenters. The summed E-state index contributed by atoms with van der Waals surface area (Å²) in [4.78, 5) is 26.6. The Morgan fingerprint density at radius 3 is 2.25 bits per heavy atom. The summed E-state index contributed by atoms with van der Waals surface area (Å²) in [6, 6.07) is 12.5. The Morgan fingerprint density at radius 1 is 1.03 bits per heavy atom. The van der Waals surface area contributed by atoms with Crippen LogP contribution in [0.2, 0.25) is 0 Å². The third-order valence-electron chi connectivity index (χ3n) is 5.41. The fourth-order valence-electron chi connectivity index (χ4n) is 3.60. The highest BCUT2D eigenvalue weighted by Crippen LogP contribution is 2.26. The van der Waals surface area contributed by atoms with E-state index in [0.717, 1.165) is 0 Å². The number of nitrogens with zero attached hydrogens (tertiary/aromatic N) is 1. The van der Waals surface area contributed by atoms with Gasteiger partial charge in [-0.25, -0.2) is 8.42 Å². The maximum atomic E-state index is 12.7. The van der Waals surface area contributed by atoms with E-state index < -0.39 is 10.0 Å². The van der Waals surface area contributed by atoms with E-state index >= 15 is 0 Å². The van der Waals surface area contributed by atoms with Gasteiger partial charge in [-0.15, -0.1) is 0 Å². The number of ether oxygens (including phenoxy) is 1. The number of para-hydroxylation sites is 2. The molecular formula is C23H29N3O5S. The maximum Gasteiger partial charge on any atom is 0.262 e. The highest BCUT2D eigenvalue weighted by atomic mass is 32.2. The molecule has 0 atom stereocenters. The molecule has 0 bridgehead atoms. The van der Waals surface area contributed by atoms with Crippen molar-refractivity contribution in [2.45, 2.75) is 37.6 Å². The number of likely N-dealkylation sites (tertiary alicyclic amines) is 1. The van der Waals surface area contributed by atoms with Gasteiger partial charge in [-0.1, -0.05) is 26.0 Å². The molecule has 0 aromatic heterocycles. The molecular weight excluding hydrogens is 430 g/mol. The van der Waals surface area contributed by atoms with Gasteiger partial charge < -0.3 is 15.0 Å². The quantitative estimate of drug-likeness (QED) is 0.663. The molecule has 3 rings (SSSR count). The zero-order valence-electron chi connectivity index (χ0n) is 18.5. The number of nitrogens with one attached hydrogen (secondary N) is 2. The average molecular weight is 460 g/mol. The highest BCUT2D eigenvalue weighted by molar-refractivity contribution is 7.92. The van der Waals surface area contributed by atoms with Crippen molar-refractivity contribution in [3.8, 4) is 5.75 Å². The topological polar surface area (TPSA) is 105 Å². The minimum Gasteiger partial charge on any atom is -0.495 e. The minimum atomic E-state index is -3.84. The van der Waals surface area contributed by atoms with Gasteiger partial charge in [-0.3, -0.25) is 14.3 Å². The Bertz CT molecular complexity index is 1060. The van der Waals surface area contributed by atoms with Crippen molar-refractivity contribution in [3.63, 3.8) is 0 Å². The monoisotopic (exact) mass is 459 g/mol. The van der Waals surface area contributed by atoms with E-state index in [9.17, 15) is 18.0 Å². The molecule has 1 saturated heterocycles. The zero-order valence-corrected chi connectivity index (χ0v) is 19.3. The van der Waals surface area contributed by atoms with Gasteiger partial charge in [0, 0.05) is 30.6 Å². The van der Waals surface area contributed by atoms with E-state index in [-0.39, 0.29) is 28.7 Å². The zero-order chi connectivity index (χ0) is 23.3. The number of carbonyl (C=O) groups excluding carboxylic acids is 2. The fourth-order valence-corrected chi connectivity index (χ4v) is 4.67. The van der Waals surface area contributed by atoms with Crippen LogP contribution in [0.5, 0.6) is 5.75 Å². The SMILES string of the molecule is COc1ccccc1NS(=O)(=O)c1ccc(C(=O)NC2CCN(C(=O)C(C)C)CC2)cc1. The lowest BCUT2D eigenvalue weighted by atomic mass is 10.0. The standard InChI is InChI=1S/C23H29N3O5S/c1-16(2)23(28)26-14-12-18(13-15-26)24-22(27)17-8-10-19(11-9-17)32(29,30)25-20-6-4-5-7-21(20)31-3/h4-11,16,18,25H,12-15H2,1-3H3,(H,24,27). The number of benzene rings is 2. The number of hydrogen-bond acceptors (Lipinski definition) is 5. The highest BCUT2D eigenvalue weighted by Gasteiger charge is 2.25. The lowest BCUT2D eigenvalue weighted by molar-refractivity contribution is -0.135. The Hall–Kier alpha value is -3.07. The molecule has 0 radical (unpaired) electrons. The van der Waals surface area contributed by atoms with Gasteiger partial charge >= 0.3 is 0 Å². The lowest BCUT2D eigenvalue weighted by Crippen LogP contribution is -2.47. The molecule has 1 heterocycles. The van der Waals surface area contributed by atoms with Crippen LogP contribution in [0.3, 0.4) is 0 Å². The van der Waals surface area contributed by atoms with Crippen molar-refractivity contribution in [3.05, 3.63) is 54.1 Å². The first-order valence-corrected chi connectivity index (χ1v) is 12.0. The van der Waals surface area contributed by atoms with Crippen LogP contribution in [-0.2, 0) is 14.8 Å². The summed E-state index contributed by atoms with van der Waals surface area (Å²) in [6.45, 7) is 5.00. The van der Waals surface area contributed by atoms with Crippen molar-refractivity contribution >= 4 is 27.5 Å². The van der Waals surface area contributed by atoms with Gasteiger partial charge in [-0.2, -0.15) is 0 Å². The van der Waals surface area contributed by atoms with Crippen LogP contribution in [0.1, 0.15) is 37.0 Å². The van der Waals surface area contributed by atoms with Crippen LogP contribution in [0, 0.1) is 5.92 Å². The van der Waals surface area contributed by atoms with E-state index in [1.807, 2.05) is 18.7 Å². The summed E-state index contributed by atoms with van der Waals surface area (Å²) in [5.74, 6) is 0.246. The lowest BCUT2D eigenvalue weighted by Gasteiger charge is -2.33. The first kappa shape index (κ1) is 23.6. The van der Waals surface area contributed by atoms with Crippen LogP contribution < -0.4 is 14.8 Å². The number of anilines is 1. The summed E-state index contributed by atoms with van der Waals surface area (Å²) < 4.78 is 33.1. The molecule has 32 heavy (non-hydrogen) atoms. The third kappa shape index (κ3) is 5.59. The number of sulfonamides is 1. The molecule has 2 amide bonds. The molecule has 2 aromatic carbocycles. The van der Waals surface area contributed by atoms with Crippen molar-refractivity contribution in [1.82, 2.24) is 10.2 Å². The molecule has 2 N–H and O–H groups in total. The first-order chi connectivity index (χ1) is 15.2. The van der Waals surface area contributed by atoms with Gasteiger partial charge in [0.15, 0.2) is 0 Å². The summed E-state index contributed by atoms with van der Waals surface area (Å²) in [7, 11) is -2.37. The van der Waals surface area contributed by atoms with Crippen LogP contribution in [0.15, 0.2) is 53.4 Å². The number of amides is 2. The van der Waals surface area contributed by atoms with Crippen molar-refractivity contribution in [2.75, 3.05) is 24.9 Å². The van der Waals surface area contributed by atoms with Gasteiger partial charge in [0.05, 0.1) is 17.7 Å². The number of hydrogen-bond donors (Lipinski definition) is 2. The van der Waals surface area contributed by atoms with E-state index in [1.165, 1.54) is 31.4 Å². The Labute approximate surface area is 189 Å². The second-order valence-electron chi connectivity index (χ2n) is 8.06. The number of piperidine rings is 1. The van der Waals surface area contributed by atoms with Gasteiger partial charge in [0.25, 0.3) is 15.9 Å². The van der Waals surface area contributed by atoms with Crippen LogP contribution >= 0.6 is 0 Å². The molecule has 1 fully saturated rings. The van der Waals surface area contributed by atoms with Crippen LogP contribution in [0.4, 0.5) is 5.69 Å². The smallest absolute Gasteiger partial charge is 0.262 e. The minimum absolute atomic E-state index is 0.0191. The fraction of sp³-hybridized carbons (Fsp3) is 0.391. The predicted octanol–water partition coefficient (Wildman–Crippen LogP) is 2.87. The third-order valence-corrected chi connectivity index (χ3v) is 6.80. The second-order valence-corrected chi connectivity index (χ2v) is 9.74. The molecule has 1 aliphatic rings. The molecule has 0 spiro atoms. The number of rotatable bonds is 7. The van der Waals surface area contributed by atoms with Gasteiger partial charge in [0.1, 0.15) is 5.75 Å². The summed E-state index contributed by atoms with van der Waals surface area (Å²) in [6.07, 6.45) is 1.39. The Balaban J connectivity index is 1.60. The van der Waals surface area contributed by atoms with Crippen molar-refractivity contribution < 1.29 is 22.7 Å². The number of carbonyl (C=O) groups is 2. The van der Waals surface area contributed by atoms with Crippen LogP contribution in [-0.4, -0.2) is 51.4 Å². The van der Waals surface area contributed by atoms with Gasteiger partial charge in [0.2, 0.25) is 5.91 Å². The Kier molecular flexibility index (Phi) is 7.40. The predicted molar refractivity (Wildman–Crippen MR) is 122 cm³/mol. The maximum absolute atomic E-state index is 12.7. The summed E-state index contributed by atoms with van der Waals surface area (Å²) >= 11 is 0. The van der Waals surface area contributed by atoms with E-state index in [2.05, 4.69) is 10.0 Å². The largest absolute Gasteiger partial charge is 0.495 e. The molecule has 2 aromatic rings. The molecule has 0 aliphatic carbocycles. The number of methoxy groups -OCH3 is 1. The second kappa shape index (κ2) is 10.0. The van der Waals surface area contributed by atoms with E-state index in [4.69, 9.17) is 4.74 Å². The summed E-state index contributed by atoms with van der Waals surface area (Å²) in [5.41, 5.74) is 0.709. The molecule has 0 saturated carbocycles. The normalized spacial score (nSPS) is 14.8. The van der Waals surface area contributed by atoms with Crippen molar-refractivity contribution in [2.24, 2.45) is 5.92 Å². The van der Waals surface area contributed by atoms with Gasteiger partial charge in [-0.05, 0) is 49.2 Å². The molecule has 9 heteroatoms. The first-order valence-electron chi connectivity index (χ1n) is 10.6. The Morgan fingerprint density at radius 2 is 1.66 bits per heavy atom. The molecule has 1 aliphatic heterocycles. The van der Waals surface area contributed by atoms with E-state index in [0.29, 0.717) is 42.9 Å². The molecule has 8 nitrogen and oxygen atoms in total. The van der Waals surface area contributed by atoms with Crippen molar-refractivity contribution in [1.29, 1.82) is 0 Å². The van der Waals surface area contributed by atoms with Crippen LogP contribution in [0.25, 0.3) is 0 Å². The van der Waals surface area contributed by atoms with E-state index in [1.54, 1.807) is 24.3 Å².